The van der Waals surface area contributed by atoms with E-state index in [1.54, 1.807) is 43.3 Å². The molecule has 39 heavy (non-hydrogen) atoms. The average molecular weight is 521 g/mol. The van der Waals surface area contributed by atoms with Crippen LogP contribution in [0.1, 0.15) is 33.2 Å². The number of esters is 2. The minimum absolute atomic E-state index is 0.160. The SMILES string of the molecule is CCOC(=O)c1ccc(NC(=O)/C(C#N)=C/c2ccc(OC(=O)c3cccc4ccccc34)c(OC)c2)cc1. The van der Waals surface area contributed by atoms with Gasteiger partial charge in [0.1, 0.15) is 11.6 Å². The molecule has 0 spiro atoms. The number of carbonyl (C=O) groups is 3. The van der Waals surface area contributed by atoms with Gasteiger partial charge in [-0.05, 0) is 71.8 Å². The fraction of sp³-hybridized carbons (Fsp3) is 0.0968. The lowest BCUT2D eigenvalue weighted by Crippen LogP contribution is -2.13. The third-order valence-electron chi connectivity index (χ3n) is 5.73. The molecule has 4 aromatic carbocycles. The number of anilines is 1. The van der Waals surface area contributed by atoms with E-state index >= 15 is 0 Å². The van der Waals surface area contributed by atoms with Crippen molar-refractivity contribution in [2.45, 2.75) is 6.92 Å². The molecular weight excluding hydrogens is 496 g/mol. The Balaban J connectivity index is 1.50. The normalized spacial score (nSPS) is 10.8. The second kappa shape index (κ2) is 12.2. The van der Waals surface area contributed by atoms with Crippen molar-refractivity contribution in [1.29, 1.82) is 5.26 Å². The Hall–Kier alpha value is -5.42. The highest BCUT2D eigenvalue weighted by Gasteiger charge is 2.16. The third-order valence-corrected chi connectivity index (χ3v) is 5.73. The molecule has 0 saturated carbocycles. The van der Waals surface area contributed by atoms with E-state index < -0.39 is 17.8 Å². The first-order valence-electron chi connectivity index (χ1n) is 12.0. The zero-order valence-electron chi connectivity index (χ0n) is 21.3. The minimum atomic E-state index is -0.633. The molecule has 0 aliphatic heterocycles. The summed E-state index contributed by atoms with van der Waals surface area (Å²) < 4.78 is 16.0. The van der Waals surface area contributed by atoms with Crippen LogP contribution in [0, 0.1) is 11.3 Å². The third kappa shape index (κ3) is 6.29. The maximum Gasteiger partial charge on any atom is 0.344 e. The monoisotopic (exact) mass is 520 g/mol. The van der Waals surface area contributed by atoms with Gasteiger partial charge in [-0.3, -0.25) is 4.79 Å². The summed E-state index contributed by atoms with van der Waals surface area (Å²) >= 11 is 0. The number of hydrogen-bond acceptors (Lipinski definition) is 7. The number of ether oxygens (including phenoxy) is 3. The number of amides is 1. The number of methoxy groups -OCH3 is 1. The summed E-state index contributed by atoms with van der Waals surface area (Å²) in [6.07, 6.45) is 1.39. The molecule has 0 saturated heterocycles. The summed E-state index contributed by atoms with van der Waals surface area (Å²) in [6.45, 7) is 1.97. The van der Waals surface area contributed by atoms with Gasteiger partial charge in [0.25, 0.3) is 5.91 Å². The summed E-state index contributed by atoms with van der Waals surface area (Å²) in [7, 11) is 1.43. The second-order valence-electron chi connectivity index (χ2n) is 8.25. The molecule has 0 unspecified atom stereocenters. The zero-order chi connectivity index (χ0) is 27.8. The van der Waals surface area contributed by atoms with Crippen LogP contribution in [0.4, 0.5) is 5.69 Å². The molecule has 1 N–H and O–H groups in total. The van der Waals surface area contributed by atoms with E-state index in [0.717, 1.165) is 10.8 Å². The van der Waals surface area contributed by atoms with Gasteiger partial charge in [-0.25, -0.2) is 9.59 Å². The first-order chi connectivity index (χ1) is 18.9. The van der Waals surface area contributed by atoms with Gasteiger partial charge in [0.15, 0.2) is 11.5 Å². The minimum Gasteiger partial charge on any atom is -0.493 e. The molecule has 4 aromatic rings. The van der Waals surface area contributed by atoms with Crippen LogP contribution in [-0.4, -0.2) is 31.6 Å². The van der Waals surface area contributed by atoms with Crippen LogP contribution < -0.4 is 14.8 Å². The van der Waals surface area contributed by atoms with Crippen molar-refractivity contribution < 1.29 is 28.6 Å². The topological polar surface area (TPSA) is 115 Å². The number of rotatable bonds is 8. The van der Waals surface area contributed by atoms with Crippen molar-refractivity contribution in [2.75, 3.05) is 19.0 Å². The Bertz CT molecular complexity index is 1610. The van der Waals surface area contributed by atoms with Gasteiger partial charge in [-0.2, -0.15) is 5.26 Å². The Kier molecular flexibility index (Phi) is 8.34. The van der Waals surface area contributed by atoms with Gasteiger partial charge in [-0.1, -0.05) is 42.5 Å². The smallest absolute Gasteiger partial charge is 0.344 e. The zero-order valence-corrected chi connectivity index (χ0v) is 21.3. The summed E-state index contributed by atoms with van der Waals surface area (Å²) in [5, 5.41) is 13.9. The average Bonchev–Trinajstić information content (AvgIpc) is 2.96. The number of nitrogens with zero attached hydrogens (tertiary/aromatic N) is 1. The van der Waals surface area contributed by atoms with Crippen LogP contribution in [0.2, 0.25) is 0 Å². The van der Waals surface area contributed by atoms with Crippen LogP contribution in [0.15, 0.2) is 90.5 Å². The molecule has 0 bridgehead atoms. The molecule has 0 atom stereocenters. The van der Waals surface area contributed by atoms with E-state index in [4.69, 9.17) is 14.2 Å². The number of nitriles is 1. The number of carbonyl (C=O) groups excluding carboxylic acids is 3. The van der Waals surface area contributed by atoms with E-state index in [1.165, 1.54) is 31.4 Å². The fourth-order valence-corrected chi connectivity index (χ4v) is 3.83. The van der Waals surface area contributed by atoms with Gasteiger partial charge < -0.3 is 19.5 Å². The molecular formula is C31H24N2O6. The highest BCUT2D eigenvalue weighted by Crippen LogP contribution is 2.30. The van der Waals surface area contributed by atoms with E-state index in [1.807, 2.05) is 36.4 Å². The summed E-state index contributed by atoms with van der Waals surface area (Å²) in [4.78, 5) is 37.4. The van der Waals surface area contributed by atoms with Crippen LogP contribution in [-0.2, 0) is 9.53 Å². The first-order valence-corrected chi connectivity index (χ1v) is 12.0. The highest BCUT2D eigenvalue weighted by atomic mass is 16.6. The molecule has 194 valence electrons. The molecule has 0 aromatic heterocycles. The predicted octanol–water partition coefficient (Wildman–Crippen LogP) is 5.79. The second-order valence-corrected chi connectivity index (χ2v) is 8.25. The predicted molar refractivity (Wildman–Crippen MR) is 147 cm³/mol. The number of fused-ring (bicyclic) bond motifs is 1. The maximum absolute atomic E-state index is 12.9. The van der Waals surface area contributed by atoms with Gasteiger partial charge in [-0.15, -0.1) is 0 Å². The standard InChI is InChI=1S/C31H24N2O6/c1-3-38-30(35)22-12-14-24(15-13-22)33-29(34)23(19-32)17-20-11-16-27(28(18-20)37-2)39-31(36)26-10-6-8-21-7-4-5-9-25(21)26/h4-18H,3H2,1-2H3,(H,33,34)/b23-17+. The van der Waals surface area contributed by atoms with Gasteiger partial charge in [0, 0.05) is 5.69 Å². The molecule has 8 nitrogen and oxygen atoms in total. The van der Waals surface area contributed by atoms with Crippen molar-refractivity contribution in [1.82, 2.24) is 0 Å². The van der Waals surface area contributed by atoms with E-state index in [2.05, 4.69) is 5.32 Å². The van der Waals surface area contributed by atoms with Crippen LogP contribution in [0.5, 0.6) is 11.5 Å². The first kappa shape index (κ1) is 26.6. The molecule has 0 aliphatic carbocycles. The van der Waals surface area contributed by atoms with Crippen LogP contribution in [0.3, 0.4) is 0 Å². The van der Waals surface area contributed by atoms with Crippen molar-refractivity contribution in [2.24, 2.45) is 0 Å². The van der Waals surface area contributed by atoms with E-state index in [9.17, 15) is 19.6 Å². The maximum atomic E-state index is 12.9. The van der Waals surface area contributed by atoms with E-state index in [-0.39, 0.29) is 23.7 Å². The highest BCUT2D eigenvalue weighted by molar-refractivity contribution is 6.10. The number of nitrogens with one attached hydrogen (secondary N) is 1. The van der Waals surface area contributed by atoms with Crippen LogP contribution >= 0.6 is 0 Å². The summed E-state index contributed by atoms with van der Waals surface area (Å²) in [6, 6.07) is 25.6. The fourth-order valence-electron chi connectivity index (χ4n) is 3.83. The number of benzene rings is 4. The summed E-state index contributed by atoms with van der Waals surface area (Å²) in [5.41, 5.74) is 1.49. The Morgan fingerprint density at radius 3 is 2.36 bits per heavy atom. The Morgan fingerprint density at radius 1 is 0.897 bits per heavy atom. The molecule has 0 radical (unpaired) electrons. The lowest BCUT2D eigenvalue weighted by molar-refractivity contribution is -0.112. The van der Waals surface area contributed by atoms with Gasteiger partial charge >= 0.3 is 11.9 Å². The van der Waals surface area contributed by atoms with Crippen LogP contribution in [0.25, 0.3) is 16.8 Å². The summed E-state index contributed by atoms with van der Waals surface area (Å²) in [5.74, 6) is -1.19. The van der Waals surface area contributed by atoms with Crippen molar-refractivity contribution in [3.05, 3.63) is 107 Å². The largest absolute Gasteiger partial charge is 0.493 e. The van der Waals surface area contributed by atoms with Gasteiger partial charge in [0.05, 0.1) is 24.8 Å². The molecule has 0 aliphatic rings. The van der Waals surface area contributed by atoms with Crippen molar-refractivity contribution in [3.8, 4) is 17.6 Å². The van der Waals surface area contributed by atoms with Gasteiger partial charge in [0.2, 0.25) is 0 Å². The van der Waals surface area contributed by atoms with Crippen molar-refractivity contribution >= 4 is 40.4 Å². The van der Waals surface area contributed by atoms with E-state index in [0.29, 0.717) is 22.4 Å². The van der Waals surface area contributed by atoms with Crippen molar-refractivity contribution in [3.63, 3.8) is 0 Å². The molecule has 1 amide bonds. The molecule has 0 fully saturated rings. The molecule has 4 rings (SSSR count). The Morgan fingerprint density at radius 2 is 1.64 bits per heavy atom. The molecule has 8 heteroatoms. The lowest BCUT2D eigenvalue weighted by Gasteiger charge is -2.11. The number of hydrogen-bond donors (Lipinski definition) is 1. The Labute approximate surface area is 225 Å². The quantitative estimate of drug-likeness (QED) is 0.135. The molecule has 0 heterocycles. The lowest BCUT2D eigenvalue weighted by atomic mass is 10.0.